The molecule has 2 atom stereocenters. The van der Waals surface area contributed by atoms with E-state index in [1.54, 1.807) is 0 Å². The summed E-state index contributed by atoms with van der Waals surface area (Å²) in [5, 5.41) is 3.48. The van der Waals surface area contributed by atoms with E-state index in [0.717, 1.165) is 25.7 Å². The summed E-state index contributed by atoms with van der Waals surface area (Å²) in [5.41, 5.74) is 2.78. The van der Waals surface area contributed by atoms with Gasteiger partial charge >= 0.3 is 0 Å². The highest BCUT2D eigenvalue weighted by atomic mass is 79.9. The maximum atomic E-state index is 5.52. The van der Waals surface area contributed by atoms with Crippen LogP contribution in [0, 0.1) is 5.92 Å². The van der Waals surface area contributed by atoms with Crippen molar-refractivity contribution >= 4 is 21.6 Å². The summed E-state index contributed by atoms with van der Waals surface area (Å²) in [6, 6.07) is 6.56. The Balaban J connectivity index is 1.94. The fourth-order valence-corrected chi connectivity index (χ4v) is 3.26. The van der Waals surface area contributed by atoms with Crippen LogP contribution in [0.1, 0.15) is 24.3 Å². The van der Waals surface area contributed by atoms with Gasteiger partial charge in [-0.25, -0.2) is 0 Å². The Bertz CT molecular complexity index is 388. The first-order chi connectivity index (χ1) is 7.84. The minimum Gasteiger partial charge on any atom is -0.385 e. The molecule has 86 valence electrons. The Morgan fingerprint density at radius 2 is 2.25 bits per heavy atom. The first kappa shape index (κ1) is 10.6. The molecule has 0 aliphatic carbocycles. The van der Waals surface area contributed by atoms with E-state index in [2.05, 4.69) is 39.4 Å². The van der Waals surface area contributed by atoms with Crippen LogP contribution in [0.25, 0.3) is 0 Å². The second-order valence-electron chi connectivity index (χ2n) is 4.68. The molecule has 3 heteroatoms. The fraction of sp³-hybridized carbons (Fsp3) is 0.538. The van der Waals surface area contributed by atoms with Crippen molar-refractivity contribution in [1.29, 1.82) is 0 Å². The molecular weight excluding hydrogens is 266 g/mol. The van der Waals surface area contributed by atoms with E-state index in [1.165, 1.54) is 28.6 Å². The average Bonchev–Trinajstić information content (AvgIpc) is 2.81. The zero-order valence-corrected chi connectivity index (χ0v) is 10.8. The number of nitrogens with one attached hydrogen (secondary N) is 1. The fourth-order valence-electron chi connectivity index (χ4n) is 2.88. The Kier molecular flexibility index (Phi) is 2.90. The monoisotopic (exact) mass is 281 g/mol. The van der Waals surface area contributed by atoms with Crippen molar-refractivity contribution in [2.45, 2.75) is 18.8 Å². The van der Waals surface area contributed by atoms with Crippen LogP contribution in [0.3, 0.4) is 0 Å². The van der Waals surface area contributed by atoms with Gasteiger partial charge in [0.1, 0.15) is 0 Å². The number of halogens is 1. The van der Waals surface area contributed by atoms with Crippen LogP contribution in [0.4, 0.5) is 5.69 Å². The SMILES string of the molecule is Brc1ccc2c(c1)C(C1CCOC1)CCN2. The van der Waals surface area contributed by atoms with Gasteiger partial charge in [0.2, 0.25) is 0 Å². The van der Waals surface area contributed by atoms with Gasteiger partial charge in [-0.2, -0.15) is 0 Å². The van der Waals surface area contributed by atoms with Gasteiger partial charge in [0.25, 0.3) is 0 Å². The second kappa shape index (κ2) is 4.38. The molecule has 3 rings (SSSR count). The lowest BCUT2D eigenvalue weighted by Gasteiger charge is -2.30. The molecule has 2 aliphatic rings. The summed E-state index contributed by atoms with van der Waals surface area (Å²) in [5.74, 6) is 1.39. The Hall–Kier alpha value is -0.540. The van der Waals surface area contributed by atoms with Crippen LogP contribution in [-0.4, -0.2) is 19.8 Å². The Labute approximate surface area is 105 Å². The van der Waals surface area contributed by atoms with Crippen molar-refractivity contribution in [3.63, 3.8) is 0 Å². The highest BCUT2D eigenvalue weighted by molar-refractivity contribution is 9.10. The summed E-state index contributed by atoms with van der Waals surface area (Å²) in [6.07, 6.45) is 2.45. The summed E-state index contributed by atoms with van der Waals surface area (Å²) in [6.45, 7) is 2.98. The van der Waals surface area contributed by atoms with Crippen molar-refractivity contribution in [2.75, 3.05) is 25.1 Å². The quantitative estimate of drug-likeness (QED) is 0.852. The van der Waals surface area contributed by atoms with Gasteiger partial charge in [-0.05, 0) is 48.4 Å². The molecule has 2 aliphatic heterocycles. The number of rotatable bonds is 1. The topological polar surface area (TPSA) is 21.3 Å². The van der Waals surface area contributed by atoms with Crippen molar-refractivity contribution < 1.29 is 4.74 Å². The molecule has 2 unspecified atom stereocenters. The maximum Gasteiger partial charge on any atom is 0.0500 e. The van der Waals surface area contributed by atoms with Crippen LogP contribution in [0.2, 0.25) is 0 Å². The lowest BCUT2D eigenvalue weighted by Crippen LogP contribution is -2.23. The van der Waals surface area contributed by atoms with E-state index < -0.39 is 0 Å². The van der Waals surface area contributed by atoms with E-state index in [4.69, 9.17) is 4.74 Å². The van der Waals surface area contributed by atoms with Crippen LogP contribution in [0.15, 0.2) is 22.7 Å². The summed E-state index contributed by atoms with van der Waals surface area (Å²) in [4.78, 5) is 0. The van der Waals surface area contributed by atoms with Gasteiger partial charge in [-0.1, -0.05) is 15.9 Å². The van der Waals surface area contributed by atoms with Gasteiger partial charge in [0.15, 0.2) is 0 Å². The number of fused-ring (bicyclic) bond motifs is 1. The molecule has 1 fully saturated rings. The molecule has 0 saturated carbocycles. The highest BCUT2D eigenvalue weighted by Crippen LogP contribution is 2.40. The number of hydrogen-bond donors (Lipinski definition) is 1. The van der Waals surface area contributed by atoms with Crippen LogP contribution in [-0.2, 0) is 4.74 Å². The standard InChI is InChI=1S/C13H16BrNO/c14-10-1-2-13-12(7-10)11(3-5-15-13)9-4-6-16-8-9/h1-2,7,9,11,15H,3-6,8H2. The van der Waals surface area contributed by atoms with Crippen molar-refractivity contribution in [3.8, 4) is 0 Å². The van der Waals surface area contributed by atoms with Gasteiger partial charge in [-0.15, -0.1) is 0 Å². The third kappa shape index (κ3) is 1.87. The molecule has 0 amide bonds. The highest BCUT2D eigenvalue weighted by Gasteiger charge is 2.30. The second-order valence-corrected chi connectivity index (χ2v) is 5.59. The maximum absolute atomic E-state index is 5.52. The molecule has 0 aromatic heterocycles. The van der Waals surface area contributed by atoms with Gasteiger partial charge in [-0.3, -0.25) is 0 Å². The Morgan fingerprint density at radius 3 is 3.06 bits per heavy atom. The van der Waals surface area contributed by atoms with E-state index in [1.807, 2.05) is 0 Å². The Morgan fingerprint density at radius 1 is 1.31 bits per heavy atom. The molecule has 1 aromatic rings. The van der Waals surface area contributed by atoms with E-state index in [-0.39, 0.29) is 0 Å². The molecule has 2 heterocycles. The predicted octanol–water partition coefficient (Wildman–Crippen LogP) is 3.38. The van der Waals surface area contributed by atoms with Crippen molar-refractivity contribution in [1.82, 2.24) is 0 Å². The van der Waals surface area contributed by atoms with Gasteiger partial charge in [0, 0.05) is 23.3 Å². The lowest BCUT2D eigenvalue weighted by atomic mass is 9.80. The molecule has 1 saturated heterocycles. The number of ether oxygens (including phenoxy) is 1. The molecule has 2 nitrogen and oxygen atoms in total. The third-order valence-corrected chi connectivity index (χ3v) is 4.21. The number of anilines is 1. The smallest absolute Gasteiger partial charge is 0.0500 e. The van der Waals surface area contributed by atoms with E-state index in [0.29, 0.717) is 5.92 Å². The zero-order chi connectivity index (χ0) is 11.0. The summed E-state index contributed by atoms with van der Waals surface area (Å²) < 4.78 is 6.70. The minimum atomic E-state index is 0.677. The molecule has 0 bridgehead atoms. The van der Waals surface area contributed by atoms with Gasteiger partial charge in [0.05, 0.1) is 6.61 Å². The average molecular weight is 282 g/mol. The lowest BCUT2D eigenvalue weighted by molar-refractivity contribution is 0.179. The van der Waals surface area contributed by atoms with Gasteiger partial charge < -0.3 is 10.1 Å². The number of hydrogen-bond acceptors (Lipinski definition) is 2. The molecular formula is C13H16BrNO. The first-order valence-electron chi connectivity index (χ1n) is 5.95. The molecule has 16 heavy (non-hydrogen) atoms. The molecule has 1 aromatic carbocycles. The summed E-state index contributed by atoms with van der Waals surface area (Å²) in [7, 11) is 0. The van der Waals surface area contributed by atoms with Crippen LogP contribution in [0.5, 0.6) is 0 Å². The van der Waals surface area contributed by atoms with Crippen molar-refractivity contribution in [3.05, 3.63) is 28.2 Å². The van der Waals surface area contributed by atoms with Crippen LogP contribution < -0.4 is 5.32 Å². The van der Waals surface area contributed by atoms with E-state index >= 15 is 0 Å². The third-order valence-electron chi connectivity index (χ3n) is 3.72. The zero-order valence-electron chi connectivity index (χ0n) is 9.21. The van der Waals surface area contributed by atoms with E-state index in [9.17, 15) is 0 Å². The molecule has 0 spiro atoms. The molecule has 0 radical (unpaired) electrons. The van der Waals surface area contributed by atoms with Crippen molar-refractivity contribution in [2.24, 2.45) is 5.92 Å². The number of benzene rings is 1. The normalized spacial score (nSPS) is 28.6. The van der Waals surface area contributed by atoms with Crippen LogP contribution >= 0.6 is 15.9 Å². The minimum absolute atomic E-state index is 0.677. The predicted molar refractivity (Wildman–Crippen MR) is 68.9 cm³/mol. The largest absolute Gasteiger partial charge is 0.385 e. The molecule has 1 N–H and O–H groups in total. The summed E-state index contributed by atoms with van der Waals surface area (Å²) >= 11 is 3.57. The first-order valence-corrected chi connectivity index (χ1v) is 6.75.